The number of β-lactam (4-membered cyclic amide) rings is 1. The number of hydrogen-bond acceptors (Lipinski definition) is 6. The minimum Gasteiger partial charge on any atom is -0.543 e. The van der Waals surface area contributed by atoms with Crippen LogP contribution in [0.25, 0.3) is 5.57 Å². The van der Waals surface area contributed by atoms with Crippen LogP contribution in [-0.2, 0) is 9.59 Å². The molecule has 0 spiro atoms. The minimum atomic E-state index is -1.46. The number of rotatable bonds is 6. The van der Waals surface area contributed by atoms with E-state index in [1.165, 1.54) is 11.8 Å². The van der Waals surface area contributed by atoms with Crippen LogP contribution in [0, 0.1) is 5.92 Å². The second-order valence-electron chi connectivity index (χ2n) is 7.62. The zero-order chi connectivity index (χ0) is 22.3. The van der Waals surface area contributed by atoms with Crippen molar-refractivity contribution in [3.8, 4) is 5.75 Å². The van der Waals surface area contributed by atoms with Gasteiger partial charge in [0.2, 0.25) is 5.91 Å². The molecular weight excluding hydrogens is 423 g/mol. The number of fused-ring (bicyclic) bond motifs is 1. The summed E-state index contributed by atoms with van der Waals surface area (Å²) in [7, 11) is 1.55. The molecule has 0 aliphatic carbocycles. The van der Waals surface area contributed by atoms with Crippen molar-refractivity contribution in [1.29, 1.82) is 0 Å². The van der Waals surface area contributed by atoms with E-state index in [0.29, 0.717) is 28.1 Å². The molecule has 2 aliphatic rings. The number of hydrogen-bond donors (Lipinski definition) is 2. The SMILES string of the molecule is COc1ccc(NC(=O)c2cccc(C3=C(C(=O)[O-])N4C(=O)[C@H]([C@@H](C)O)[C@H]4C3)c2)cc1.[Na+]. The fourth-order valence-corrected chi connectivity index (χ4v) is 4.24. The number of benzene rings is 2. The van der Waals surface area contributed by atoms with Crippen molar-refractivity contribution in [3.05, 3.63) is 65.4 Å². The third-order valence-electron chi connectivity index (χ3n) is 5.74. The molecule has 2 aromatic rings. The van der Waals surface area contributed by atoms with Crippen LogP contribution in [0.1, 0.15) is 29.3 Å². The van der Waals surface area contributed by atoms with E-state index in [1.807, 2.05) is 0 Å². The topological polar surface area (TPSA) is 119 Å². The summed E-state index contributed by atoms with van der Waals surface area (Å²) in [4.78, 5) is 38.1. The van der Waals surface area contributed by atoms with Gasteiger partial charge in [0.25, 0.3) is 5.91 Å². The molecule has 1 saturated heterocycles. The number of carbonyl (C=O) groups excluding carboxylic acids is 3. The van der Waals surface area contributed by atoms with Gasteiger partial charge in [-0.3, -0.25) is 9.59 Å². The van der Waals surface area contributed by atoms with Gasteiger partial charge in [0.15, 0.2) is 0 Å². The average molecular weight is 444 g/mol. The van der Waals surface area contributed by atoms with Crippen LogP contribution in [0.3, 0.4) is 0 Å². The maximum Gasteiger partial charge on any atom is 1.00 e. The van der Waals surface area contributed by atoms with Crippen molar-refractivity contribution in [1.82, 2.24) is 4.90 Å². The molecule has 8 nitrogen and oxygen atoms in total. The molecule has 0 radical (unpaired) electrons. The molecule has 0 unspecified atom stereocenters. The number of ether oxygens (including phenoxy) is 1. The monoisotopic (exact) mass is 444 g/mol. The van der Waals surface area contributed by atoms with Gasteiger partial charge in [-0.25, -0.2) is 0 Å². The molecule has 1 fully saturated rings. The maximum atomic E-state index is 12.7. The van der Waals surface area contributed by atoms with Gasteiger partial charge < -0.3 is 30.0 Å². The number of aliphatic hydroxyl groups excluding tert-OH is 1. The van der Waals surface area contributed by atoms with E-state index in [4.69, 9.17) is 4.74 Å². The summed E-state index contributed by atoms with van der Waals surface area (Å²) in [6.45, 7) is 1.51. The number of nitrogens with one attached hydrogen (secondary N) is 1. The Bertz CT molecular complexity index is 1100. The fourth-order valence-electron chi connectivity index (χ4n) is 4.24. The Kier molecular flexibility index (Phi) is 7.09. The van der Waals surface area contributed by atoms with Gasteiger partial charge in [-0.15, -0.1) is 0 Å². The van der Waals surface area contributed by atoms with E-state index < -0.39 is 29.9 Å². The first-order chi connectivity index (χ1) is 14.8. The zero-order valence-electron chi connectivity index (χ0n) is 18.0. The number of carboxylic acid groups (broad SMARTS) is 1. The standard InChI is InChI=1S/C23H22N2O6.Na/c1-12(26)19-18-11-17(20(23(29)30)25(18)22(19)28)13-4-3-5-14(10-13)21(27)24-15-6-8-16(31-2)9-7-15;/h3-10,12,18-19,26H,11H2,1-2H3,(H,24,27)(H,29,30);/q;+1/p-1/t12-,18-,19-;/m1./s1. The first kappa shape index (κ1) is 24.0. The van der Waals surface area contributed by atoms with Crippen molar-refractivity contribution >= 4 is 29.0 Å². The van der Waals surface area contributed by atoms with E-state index in [0.717, 1.165) is 0 Å². The fraction of sp³-hybridized carbons (Fsp3) is 0.261. The number of amides is 2. The Balaban J connectivity index is 0.00000289. The minimum absolute atomic E-state index is 0. The molecule has 32 heavy (non-hydrogen) atoms. The number of aliphatic hydroxyl groups is 1. The first-order valence-electron chi connectivity index (χ1n) is 9.83. The van der Waals surface area contributed by atoms with Gasteiger partial charge in [-0.1, -0.05) is 12.1 Å². The van der Waals surface area contributed by atoms with Crippen molar-refractivity contribution in [3.63, 3.8) is 0 Å². The molecule has 0 bridgehead atoms. The van der Waals surface area contributed by atoms with E-state index in [-0.39, 0.29) is 47.6 Å². The van der Waals surface area contributed by atoms with E-state index >= 15 is 0 Å². The number of methoxy groups -OCH3 is 1. The van der Waals surface area contributed by atoms with Crippen LogP contribution in [-0.4, -0.2) is 47.0 Å². The second-order valence-corrected chi connectivity index (χ2v) is 7.62. The van der Waals surface area contributed by atoms with Crippen LogP contribution >= 0.6 is 0 Å². The second kappa shape index (κ2) is 9.46. The van der Waals surface area contributed by atoms with Crippen LogP contribution in [0.15, 0.2) is 54.2 Å². The summed E-state index contributed by atoms with van der Waals surface area (Å²) in [6.07, 6.45) is -0.605. The molecule has 2 N–H and O–H groups in total. The van der Waals surface area contributed by atoms with Crippen LogP contribution in [0.5, 0.6) is 5.75 Å². The Labute approximate surface area is 207 Å². The number of carbonyl (C=O) groups is 3. The molecule has 160 valence electrons. The van der Waals surface area contributed by atoms with Crippen LogP contribution < -0.4 is 44.7 Å². The average Bonchev–Trinajstić information content (AvgIpc) is 3.09. The van der Waals surface area contributed by atoms with E-state index in [9.17, 15) is 24.6 Å². The van der Waals surface area contributed by atoms with Crippen molar-refractivity contribution in [2.45, 2.75) is 25.5 Å². The number of carboxylic acids is 1. The number of aliphatic carboxylic acids is 1. The normalized spacial score (nSPS) is 20.1. The van der Waals surface area contributed by atoms with Gasteiger partial charge in [0.1, 0.15) is 5.75 Å². The maximum absolute atomic E-state index is 12.7. The third kappa shape index (κ3) is 4.19. The van der Waals surface area contributed by atoms with Gasteiger partial charge in [-0.2, -0.15) is 0 Å². The third-order valence-corrected chi connectivity index (χ3v) is 5.74. The largest absolute Gasteiger partial charge is 1.00 e. The van der Waals surface area contributed by atoms with Gasteiger partial charge in [0, 0.05) is 11.3 Å². The summed E-state index contributed by atoms with van der Waals surface area (Å²) >= 11 is 0. The summed E-state index contributed by atoms with van der Waals surface area (Å²) in [5.41, 5.74) is 1.67. The van der Waals surface area contributed by atoms with Crippen LogP contribution in [0.4, 0.5) is 5.69 Å². The quantitative estimate of drug-likeness (QED) is 0.394. The predicted molar refractivity (Wildman–Crippen MR) is 110 cm³/mol. The summed E-state index contributed by atoms with van der Waals surface area (Å²) in [5, 5.41) is 24.4. The van der Waals surface area contributed by atoms with E-state index in [2.05, 4.69) is 5.32 Å². The molecular formula is C23H21N2NaO6. The Morgan fingerprint density at radius 2 is 1.91 bits per heavy atom. The van der Waals surface area contributed by atoms with E-state index in [1.54, 1.807) is 55.6 Å². The van der Waals surface area contributed by atoms with Crippen molar-refractivity contribution < 1.29 is 58.9 Å². The Morgan fingerprint density at radius 1 is 1.22 bits per heavy atom. The zero-order valence-corrected chi connectivity index (χ0v) is 20.0. The van der Waals surface area contributed by atoms with Crippen molar-refractivity contribution in [2.75, 3.05) is 12.4 Å². The molecule has 0 saturated carbocycles. The molecule has 0 aromatic heterocycles. The van der Waals surface area contributed by atoms with Gasteiger partial charge in [-0.05, 0) is 60.9 Å². The summed E-state index contributed by atoms with van der Waals surface area (Å²) < 4.78 is 5.10. The van der Waals surface area contributed by atoms with Gasteiger partial charge in [0.05, 0.1) is 36.8 Å². The summed E-state index contributed by atoms with van der Waals surface area (Å²) in [5.74, 6) is -2.22. The molecule has 9 heteroatoms. The Hall–Kier alpha value is -2.65. The molecule has 3 atom stereocenters. The number of anilines is 1. The predicted octanol–water partition coefficient (Wildman–Crippen LogP) is -1.98. The number of nitrogens with zero attached hydrogens (tertiary/aromatic N) is 1. The van der Waals surface area contributed by atoms with Gasteiger partial charge >= 0.3 is 29.6 Å². The molecule has 2 aromatic carbocycles. The Morgan fingerprint density at radius 3 is 2.50 bits per heavy atom. The van der Waals surface area contributed by atoms with Crippen LogP contribution in [0.2, 0.25) is 0 Å². The first-order valence-corrected chi connectivity index (χ1v) is 9.83. The smallest absolute Gasteiger partial charge is 0.543 e. The molecule has 2 aliphatic heterocycles. The molecule has 2 heterocycles. The summed E-state index contributed by atoms with van der Waals surface area (Å²) in [6, 6.07) is 13.0. The molecule has 4 rings (SSSR count). The van der Waals surface area contributed by atoms with Crippen molar-refractivity contribution in [2.24, 2.45) is 5.92 Å². The molecule has 2 amide bonds.